The minimum atomic E-state index is -2.42. The first-order chi connectivity index (χ1) is 6.03. The van der Waals surface area contributed by atoms with E-state index in [2.05, 4.69) is 12.2 Å². The highest BCUT2D eigenvalue weighted by atomic mass is 32.9. The average Bonchev–Trinajstić information content (AvgIpc) is 2.09. The first-order valence-corrected chi connectivity index (χ1v) is 7.26. The number of hydrogen-bond acceptors (Lipinski definition) is 4. The van der Waals surface area contributed by atoms with E-state index in [1.165, 1.54) is 7.11 Å². The van der Waals surface area contributed by atoms with E-state index in [9.17, 15) is 0 Å². The number of rotatable bonds is 3. The van der Waals surface area contributed by atoms with Crippen molar-refractivity contribution in [3.05, 3.63) is 24.3 Å². The monoisotopic (exact) mass is 235 g/mol. The van der Waals surface area contributed by atoms with Crippen LogP contribution in [0.5, 0.6) is 5.75 Å². The van der Waals surface area contributed by atoms with E-state index in [1.807, 2.05) is 0 Å². The summed E-state index contributed by atoms with van der Waals surface area (Å²) in [4.78, 5) is 0. The normalized spacial score (nSPS) is 14.9. The highest BCUT2D eigenvalue weighted by molar-refractivity contribution is 8.60. The first-order valence-electron chi connectivity index (χ1n) is 3.47. The van der Waals surface area contributed by atoms with Gasteiger partial charge in [0.25, 0.3) is 5.69 Å². The van der Waals surface area contributed by atoms with Gasteiger partial charge in [-0.05, 0) is 36.1 Å². The summed E-state index contributed by atoms with van der Waals surface area (Å²) >= 11 is 9.03. The van der Waals surface area contributed by atoms with Crippen LogP contribution in [0.1, 0.15) is 0 Å². The van der Waals surface area contributed by atoms with Gasteiger partial charge in [0.05, 0.1) is 0 Å². The van der Waals surface area contributed by atoms with E-state index in [4.69, 9.17) is 26.6 Å². The molecular formula is C7H10NO2PS2. The van der Waals surface area contributed by atoms with Crippen molar-refractivity contribution < 1.29 is 9.05 Å². The van der Waals surface area contributed by atoms with Gasteiger partial charge < -0.3 is 14.8 Å². The number of anilines is 1. The van der Waals surface area contributed by atoms with Gasteiger partial charge >= 0.3 is 0 Å². The Hall–Kier alpha value is -0.220. The second kappa shape index (κ2) is 4.33. The standard InChI is InChI=1S/C7H10NO2PS2/c1-9-11(12,13)10-7-4-2-6(8)3-5-7/h2-5H,8H2,1H3,(H,12,13). The molecule has 0 fully saturated rings. The van der Waals surface area contributed by atoms with Crippen LogP contribution < -0.4 is 10.3 Å². The van der Waals surface area contributed by atoms with E-state index >= 15 is 0 Å². The number of benzene rings is 1. The van der Waals surface area contributed by atoms with Gasteiger partial charge in [-0.3, -0.25) is 0 Å². The van der Waals surface area contributed by atoms with E-state index in [0.717, 1.165) is 0 Å². The zero-order valence-electron chi connectivity index (χ0n) is 7.01. The minimum absolute atomic E-state index is 0.620. The Morgan fingerprint density at radius 3 is 2.38 bits per heavy atom. The molecule has 1 aromatic carbocycles. The van der Waals surface area contributed by atoms with Crippen molar-refractivity contribution >= 4 is 35.4 Å². The van der Waals surface area contributed by atoms with Crippen LogP contribution in [0.4, 0.5) is 5.69 Å². The number of hydrogen-bond donors (Lipinski definition) is 2. The summed E-state index contributed by atoms with van der Waals surface area (Å²) < 4.78 is 10.2. The van der Waals surface area contributed by atoms with Gasteiger partial charge in [-0.25, -0.2) is 0 Å². The van der Waals surface area contributed by atoms with Crippen molar-refractivity contribution in [2.24, 2.45) is 0 Å². The second-order valence-corrected chi connectivity index (χ2v) is 7.63. The molecule has 1 atom stereocenters. The summed E-state index contributed by atoms with van der Waals surface area (Å²) in [6.07, 6.45) is 0. The molecule has 3 nitrogen and oxygen atoms in total. The molecule has 0 aliphatic carbocycles. The van der Waals surface area contributed by atoms with Gasteiger partial charge in [-0.15, -0.1) is 0 Å². The van der Waals surface area contributed by atoms with Crippen molar-refractivity contribution in [2.75, 3.05) is 12.8 Å². The maximum Gasteiger partial charge on any atom is 0.294 e. The van der Waals surface area contributed by atoms with Crippen LogP contribution >= 0.6 is 17.9 Å². The summed E-state index contributed by atoms with van der Waals surface area (Å²) in [5.74, 6) is 0.620. The van der Waals surface area contributed by atoms with Crippen LogP contribution in [0.2, 0.25) is 0 Å². The maximum absolute atomic E-state index is 5.50. The fourth-order valence-corrected chi connectivity index (χ4v) is 1.70. The van der Waals surface area contributed by atoms with Gasteiger partial charge in [0.2, 0.25) is 0 Å². The Labute approximate surface area is 87.6 Å². The lowest BCUT2D eigenvalue weighted by atomic mass is 10.3. The molecular weight excluding hydrogens is 225 g/mol. The van der Waals surface area contributed by atoms with Gasteiger partial charge in [0.15, 0.2) is 0 Å². The molecule has 13 heavy (non-hydrogen) atoms. The Morgan fingerprint density at radius 2 is 1.92 bits per heavy atom. The first kappa shape index (κ1) is 10.9. The van der Waals surface area contributed by atoms with Crippen LogP contribution in [-0.2, 0) is 16.3 Å². The van der Waals surface area contributed by atoms with Crippen molar-refractivity contribution in [1.29, 1.82) is 0 Å². The molecule has 0 saturated carbocycles. The third-order valence-electron chi connectivity index (χ3n) is 1.33. The molecule has 0 bridgehead atoms. The molecule has 0 heterocycles. The Bertz CT molecular complexity index is 328. The van der Waals surface area contributed by atoms with Gasteiger partial charge in [0, 0.05) is 12.8 Å². The van der Waals surface area contributed by atoms with Crippen LogP contribution in [0.25, 0.3) is 0 Å². The number of thiol groups is 1. The molecule has 0 spiro atoms. The summed E-state index contributed by atoms with van der Waals surface area (Å²) in [5.41, 5.74) is 3.75. The molecule has 1 rings (SSSR count). The van der Waals surface area contributed by atoms with E-state index in [0.29, 0.717) is 11.4 Å². The molecule has 6 heteroatoms. The fourth-order valence-electron chi connectivity index (χ4n) is 0.699. The Morgan fingerprint density at radius 1 is 1.38 bits per heavy atom. The van der Waals surface area contributed by atoms with Gasteiger partial charge in [-0.1, -0.05) is 12.2 Å². The van der Waals surface area contributed by atoms with E-state index in [-0.39, 0.29) is 0 Å². The molecule has 0 aliphatic rings. The summed E-state index contributed by atoms with van der Waals surface area (Å²) in [6.45, 7) is 0. The largest absolute Gasteiger partial charge is 0.436 e. The minimum Gasteiger partial charge on any atom is -0.436 e. The lowest BCUT2D eigenvalue weighted by molar-refractivity contribution is 0.409. The molecule has 1 aromatic rings. The Kier molecular flexibility index (Phi) is 3.62. The lowest BCUT2D eigenvalue weighted by Crippen LogP contribution is -1.89. The highest BCUT2D eigenvalue weighted by Gasteiger charge is 2.11. The maximum atomic E-state index is 5.50. The highest BCUT2D eigenvalue weighted by Crippen LogP contribution is 2.52. The number of nitrogens with two attached hydrogens (primary N) is 1. The summed E-state index contributed by atoms with van der Waals surface area (Å²) in [5, 5.41) is 0. The quantitative estimate of drug-likeness (QED) is 0.480. The SMILES string of the molecule is COP(=S)(S)Oc1ccc(N)cc1. The van der Waals surface area contributed by atoms with Gasteiger partial charge in [0.1, 0.15) is 5.75 Å². The molecule has 72 valence electrons. The molecule has 0 amide bonds. The van der Waals surface area contributed by atoms with Crippen molar-refractivity contribution in [2.45, 2.75) is 0 Å². The van der Waals surface area contributed by atoms with Crippen LogP contribution in [0.15, 0.2) is 24.3 Å². The van der Waals surface area contributed by atoms with Crippen LogP contribution in [-0.4, -0.2) is 7.11 Å². The molecule has 2 N–H and O–H groups in total. The van der Waals surface area contributed by atoms with Crippen LogP contribution in [0, 0.1) is 0 Å². The average molecular weight is 235 g/mol. The fraction of sp³-hybridized carbons (Fsp3) is 0.143. The molecule has 0 saturated heterocycles. The van der Waals surface area contributed by atoms with Crippen molar-refractivity contribution in [3.8, 4) is 5.75 Å². The zero-order chi connectivity index (χ0) is 9.90. The second-order valence-electron chi connectivity index (χ2n) is 2.31. The van der Waals surface area contributed by atoms with Crippen LogP contribution in [0.3, 0.4) is 0 Å². The predicted octanol–water partition coefficient (Wildman–Crippen LogP) is 2.45. The lowest BCUT2D eigenvalue weighted by Gasteiger charge is -2.14. The smallest absolute Gasteiger partial charge is 0.294 e. The molecule has 0 aliphatic heterocycles. The molecule has 0 radical (unpaired) electrons. The topological polar surface area (TPSA) is 44.5 Å². The third kappa shape index (κ3) is 3.56. The van der Waals surface area contributed by atoms with Gasteiger partial charge in [-0.2, -0.15) is 0 Å². The van der Waals surface area contributed by atoms with Crippen molar-refractivity contribution in [3.63, 3.8) is 0 Å². The zero-order valence-corrected chi connectivity index (χ0v) is 9.61. The summed E-state index contributed by atoms with van der Waals surface area (Å²) in [7, 11) is 1.48. The Balaban J connectivity index is 2.75. The van der Waals surface area contributed by atoms with Crippen molar-refractivity contribution in [1.82, 2.24) is 0 Å². The van der Waals surface area contributed by atoms with E-state index in [1.54, 1.807) is 24.3 Å². The third-order valence-corrected chi connectivity index (χ3v) is 3.64. The van der Waals surface area contributed by atoms with E-state index < -0.39 is 5.69 Å². The number of nitrogen functional groups attached to an aromatic ring is 1. The molecule has 1 unspecified atom stereocenters. The molecule has 0 aromatic heterocycles. The predicted molar refractivity (Wildman–Crippen MR) is 61.8 cm³/mol. The summed E-state index contributed by atoms with van der Waals surface area (Å²) in [6, 6.07) is 6.92.